The molecule has 0 aliphatic carbocycles. The Morgan fingerprint density at radius 1 is 0.784 bits per heavy atom. The van der Waals surface area contributed by atoms with Crippen LogP contribution in [0.25, 0.3) is 0 Å². The van der Waals surface area contributed by atoms with Crippen LogP contribution in [0.15, 0.2) is 30.3 Å². The Morgan fingerprint density at radius 3 is 1.92 bits per heavy atom. The molecule has 2 saturated heterocycles. The van der Waals surface area contributed by atoms with Crippen molar-refractivity contribution in [1.82, 2.24) is 5.32 Å². The van der Waals surface area contributed by atoms with Crippen LogP contribution < -0.4 is 5.32 Å². The van der Waals surface area contributed by atoms with Crippen molar-refractivity contribution in [2.45, 2.75) is 164 Å². The molecule has 0 saturated carbocycles. The fourth-order valence-corrected chi connectivity index (χ4v) is 6.50. The lowest BCUT2D eigenvalue weighted by atomic mass is 9.98. The molecule has 292 valence electrons. The molecule has 14 nitrogen and oxygen atoms in total. The summed E-state index contributed by atoms with van der Waals surface area (Å²) in [4.78, 5) is 26.2. The Labute approximate surface area is 301 Å². The van der Waals surface area contributed by atoms with Gasteiger partial charge >= 0.3 is 5.97 Å². The number of aliphatic hydroxyl groups is 7. The van der Waals surface area contributed by atoms with Gasteiger partial charge in [0, 0.05) is 12.8 Å². The van der Waals surface area contributed by atoms with E-state index in [1.54, 1.807) is 24.3 Å². The normalized spacial score (nSPS) is 29.9. The molecule has 0 unspecified atom stereocenters. The van der Waals surface area contributed by atoms with Gasteiger partial charge in [0.15, 0.2) is 6.29 Å². The molecule has 0 aromatic heterocycles. The lowest BCUT2D eigenvalue weighted by molar-refractivity contribution is -0.383. The van der Waals surface area contributed by atoms with Crippen LogP contribution in [0.3, 0.4) is 0 Å². The molecular weight excluding hydrogens is 666 g/mol. The number of ether oxygens (including phenoxy) is 4. The van der Waals surface area contributed by atoms with Crippen LogP contribution >= 0.6 is 0 Å². The number of aliphatic hydroxyl groups excluding tert-OH is 7. The highest BCUT2D eigenvalue weighted by Gasteiger charge is 2.58. The van der Waals surface area contributed by atoms with Crippen molar-refractivity contribution in [2.24, 2.45) is 0 Å². The minimum absolute atomic E-state index is 0.133. The Hall–Kier alpha value is -2.24. The zero-order valence-electron chi connectivity index (χ0n) is 29.9. The molecule has 8 N–H and O–H groups in total. The highest BCUT2D eigenvalue weighted by molar-refractivity contribution is 5.84. The smallest absolute Gasteiger partial charge is 0.329 e. The number of nitrogens with one attached hydrogen (secondary N) is 1. The van der Waals surface area contributed by atoms with Crippen LogP contribution in [0.4, 0.5) is 0 Å². The van der Waals surface area contributed by atoms with E-state index in [1.165, 1.54) is 57.8 Å². The SMILES string of the molecule is CCCCCCCCCCCCCCCC(=O)N[C@@H](Cc1ccccc1)C(=O)OC[C@H]1O[C@H](O[C@]2(CO)O[C@H](CO)[C@@H](O)[C@@H]2O)[C@H](O)[C@@H](O)[C@@H]1O. The van der Waals surface area contributed by atoms with Gasteiger partial charge in [0.25, 0.3) is 0 Å². The summed E-state index contributed by atoms with van der Waals surface area (Å²) in [5.74, 6) is -3.47. The minimum Gasteiger partial charge on any atom is -0.461 e. The molecule has 2 aliphatic heterocycles. The molecule has 2 aliphatic rings. The highest BCUT2D eigenvalue weighted by Crippen LogP contribution is 2.36. The average molecular weight is 728 g/mol. The lowest BCUT2D eigenvalue weighted by Crippen LogP contribution is -2.63. The molecule has 2 fully saturated rings. The first-order chi connectivity index (χ1) is 24.6. The highest BCUT2D eigenvalue weighted by atomic mass is 16.8. The first kappa shape index (κ1) is 43.2. The standard InChI is InChI=1S/C37H61NO13/c1-2-3-4-5-6-7-8-9-10-11-12-13-17-20-29(41)38-26(21-25-18-15-14-16-19-25)35(47)48-23-28-30(42)32(44)33(45)36(49-28)51-37(24-40)34(46)31(43)27(22-39)50-37/h14-16,18-19,26-28,30-34,36,39-40,42-46H,2-13,17,20-24H2,1H3,(H,38,41)/t26-,27+,28+,30+,31+,32-,33+,34-,36+,37-/m0/s1. The van der Waals surface area contributed by atoms with Crippen LogP contribution in [-0.4, -0.2) is 128 Å². The minimum atomic E-state index is -2.35. The molecule has 1 aromatic carbocycles. The van der Waals surface area contributed by atoms with E-state index < -0.39 is 86.6 Å². The van der Waals surface area contributed by atoms with Gasteiger partial charge < -0.3 is 60.0 Å². The summed E-state index contributed by atoms with van der Waals surface area (Å²) in [5.41, 5.74) is 0.773. The van der Waals surface area contributed by atoms with E-state index in [0.717, 1.165) is 24.8 Å². The van der Waals surface area contributed by atoms with Gasteiger partial charge in [0.2, 0.25) is 11.7 Å². The lowest BCUT2D eigenvalue weighted by Gasteiger charge is -2.43. The maximum absolute atomic E-state index is 13.3. The van der Waals surface area contributed by atoms with Crippen LogP contribution in [0.1, 0.15) is 102 Å². The van der Waals surface area contributed by atoms with Crippen molar-refractivity contribution in [3.05, 3.63) is 35.9 Å². The molecule has 0 bridgehead atoms. The fraction of sp³-hybridized carbons (Fsp3) is 0.784. The van der Waals surface area contributed by atoms with E-state index in [-0.39, 0.29) is 18.7 Å². The quantitative estimate of drug-likeness (QED) is 0.0557. The van der Waals surface area contributed by atoms with Crippen molar-refractivity contribution in [3.8, 4) is 0 Å². The molecule has 14 heteroatoms. The summed E-state index contributed by atoms with van der Waals surface area (Å²) in [6, 6.07) is 7.98. The predicted molar refractivity (Wildman–Crippen MR) is 185 cm³/mol. The molecular formula is C37H61NO13. The number of unbranched alkanes of at least 4 members (excludes halogenated alkanes) is 12. The van der Waals surface area contributed by atoms with Gasteiger partial charge in [-0.15, -0.1) is 0 Å². The van der Waals surface area contributed by atoms with Gasteiger partial charge in [-0.25, -0.2) is 4.79 Å². The third-order valence-corrected chi connectivity index (χ3v) is 9.69. The van der Waals surface area contributed by atoms with Crippen molar-refractivity contribution in [2.75, 3.05) is 19.8 Å². The Morgan fingerprint density at radius 2 is 1.37 bits per heavy atom. The summed E-state index contributed by atoms with van der Waals surface area (Å²) in [5, 5.41) is 74.5. The van der Waals surface area contributed by atoms with Crippen LogP contribution in [0.2, 0.25) is 0 Å². The third-order valence-electron chi connectivity index (χ3n) is 9.69. The zero-order valence-corrected chi connectivity index (χ0v) is 29.9. The summed E-state index contributed by atoms with van der Waals surface area (Å²) in [6.45, 7) is -0.156. The van der Waals surface area contributed by atoms with Crippen LogP contribution in [-0.2, 0) is 35.0 Å². The van der Waals surface area contributed by atoms with Gasteiger partial charge in [-0.2, -0.15) is 0 Å². The topological polar surface area (TPSA) is 225 Å². The first-order valence-electron chi connectivity index (χ1n) is 18.7. The summed E-state index contributed by atoms with van der Waals surface area (Å²) < 4.78 is 21.9. The molecule has 1 amide bonds. The number of esters is 1. The summed E-state index contributed by atoms with van der Waals surface area (Å²) in [7, 11) is 0. The molecule has 3 rings (SSSR count). The van der Waals surface area contributed by atoms with E-state index in [2.05, 4.69) is 12.2 Å². The average Bonchev–Trinajstić information content (AvgIpc) is 3.38. The number of carbonyl (C=O) groups excluding carboxylic acids is 2. The number of hydrogen-bond acceptors (Lipinski definition) is 13. The molecule has 1 aromatic rings. The zero-order chi connectivity index (χ0) is 37.2. The monoisotopic (exact) mass is 727 g/mol. The Bertz CT molecular complexity index is 1130. The van der Waals surface area contributed by atoms with Crippen molar-refractivity contribution >= 4 is 11.9 Å². The summed E-state index contributed by atoms with van der Waals surface area (Å²) >= 11 is 0. The third kappa shape index (κ3) is 13.3. The maximum atomic E-state index is 13.3. The number of carbonyl (C=O) groups is 2. The number of benzene rings is 1. The van der Waals surface area contributed by atoms with Crippen molar-refractivity contribution in [3.63, 3.8) is 0 Å². The largest absolute Gasteiger partial charge is 0.461 e. The van der Waals surface area contributed by atoms with Crippen molar-refractivity contribution in [1.29, 1.82) is 0 Å². The second-order valence-corrected chi connectivity index (χ2v) is 13.8. The van der Waals surface area contributed by atoms with Gasteiger partial charge in [0.1, 0.15) is 62.0 Å². The van der Waals surface area contributed by atoms with Crippen LogP contribution in [0.5, 0.6) is 0 Å². The molecule has 51 heavy (non-hydrogen) atoms. The van der Waals surface area contributed by atoms with E-state index in [4.69, 9.17) is 18.9 Å². The van der Waals surface area contributed by atoms with E-state index >= 15 is 0 Å². The summed E-state index contributed by atoms with van der Waals surface area (Å²) in [6.07, 6.45) is 2.05. The van der Waals surface area contributed by atoms with Gasteiger partial charge in [-0.05, 0) is 12.0 Å². The number of rotatable bonds is 24. The second kappa shape index (κ2) is 22.7. The van der Waals surface area contributed by atoms with Gasteiger partial charge in [-0.3, -0.25) is 4.79 Å². The Kier molecular flexibility index (Phi) is 19.3. The van der Waals surface area contributed by atoms with Gasteiger partial charge in [-0.1, -0.05) is 114 Å². The van der Waals surface area contributed by atoms with E-state index in [1.807, 2.05) is 6.07 Å². The second-order valence-electron chi connectivity index (χ2n) is 13.8. The Balaban J connectivity index is 1.49. The predicted octanol–water partition coefficient (Wildman–Crippen LogP) is 1.36. The fourth-order valence-electron chi connectivity index (χ4n) is 6.50. The molecule has 0 spiro atoms. The maximum Gasteiger partial charge on any atom is 0.329 e. The number of hydrogen-bond donors (Lipinski definition) is 8. The van der Waals surface area contributed by atoms with E-state index in [0.29, 0.717) is 6.42 Å². The molecule has 2 heterocycles. The first-order valence-corrected chi connectivity index (χ1v) is 18.7. The van der Waals surface area contributed by atoms with Gasteiger partial charge in [0.05, 0.1) is 6.61 Å². The van der Waals surface area contributed by atoms with E-state index in [9.17, 15) is 45.3 Å². The van der Waals surface area contributed by atoms with Crippen LogP contribution in [0, 0.1) is 0 Å². The number of amides is 1. The molecule has 0 radical (unpaired) electrons. The molecule has 10 atom stereocenters. The van der Waals surface area contributed by atoms with Crippen molar-refractivity contribution < 1.29 is 64.3 Å².